The Morgan fingerprint density at radius 1 is 1.70 bits per heavy atom. The third-order valence-electron chi connectivity index (χ3n) is 2.19. The number of aliphatic hydroxyl groups is 1. The smallest absolute Gasteiger partial charge is 0.0794 e. The Kier molecular flexibility index (Phi) is 2.28. The largest absolute Gasteiger partial charge is 0.388 e. The molecule has 0 aromatic carbocycles. The van der Waals surface area contributed by atoms with E-state index in [1.807, 2.05) is 6.92 Å². The van der Waals surface area contributed by atoms with Crippen LogP contribution in [0.5, 0.6) is 0 Å². The molecule has 0 heterocycles. The summed E-state index contributed by atoms with van der Waals surface area (Å²) in [5, 5.41) is 9.64. The number of hydrogen-bond donors (Lipinski definition) is 2. The van der Waals surface area contributed by atoms with Gasteiger partial charge in [0.15, 0.2) is 0 Å². The van der Waals surface area contributed by atoms with E-state index in [0.29, 0.717) is 0 Å². The Bertz CT molecular complexity index is 114. The molecule has 1 rings (SSSR count). The average molecular weight is 145 g/mol. The maximum absolute atomic E-state index is 9.64. The molecule has 0 unspecified atom stereocenters. The van der Waals surface area contributed by atoms with Gasteiger partial charge in [0.25, 0.3) is 0 Å². The fraction of sp³-hybridized carbons (Fsp3) is 1.00. The summed E-state index contributed by atoms with van der Waals surface area (Å²) in [6, 6.07) is 0.109. The lowest BCUT2D eigenvalue weighted by Gasteiger charge is -2.24. The van der Waals surface area contributed by atoms with Gasteiger partial charge in [-0.2, -0.15) is 5.48 Å². The standard InChI is InChI=1S/C7H15NO2/c1-7(9)5-3-4-6(7)8-10-2/h6,8-9H,3-5H2,1-2H3/t6-,7+/m1/s1. The average Bonchev–Trinajstić information content (AvgIpc) is 2.13. The first-order valence-corrected chi connectivity index (χ1v) is 3.68. The van der Waals surface area contributed by atoms with Crippen molar-refractivity contribution in [3.63, 3.8) is 0 Å². The molecule has 0 amide bonds. The topological polar surface area (TPSA) is 41.5 Å². The number of hydroxylamine groups is 1. The van der Waals surface area contributed by atoms with Gasteiger partial charge in [0, 0.05) is 0 Å². The molecule has 3 nitrogen and oxygen atoms in total. The lowest BCUT2D eigenvalue weighted by Crippen LogP contribution is -2.43. The van der Waals surface area contributed by atoms with Crippen LogP contribution >= 0.6 is 0 Å². The molecule has 1 aliphatic carbocycles. The van der Waals surface area contributed by atoms with Crippen LogP contribution in [0.2, 0.25) is 0 Å². The number of nitrogens with one attached hydrogen (secondary N) is 1. The van der Waals surface area contributed by atoms with E-state index in [0.717, 1.165) is 19.3 Å². The van der Waals surface area contributed by atoms with Gasteiger partial charge < -0.3 is 9.94 Å². The van der Waals surface area contributed by atoms with Crippen molar-refractivity contribution in [3.8, 4) is 0 Å². The SMILES string of the molecule is CON[C@@H]1CCC[C@]1(C)O. The summed E-state index contributed by atoms with van der Waals surface area (Å²) in [6.07, 6.45) is 2.95. The second kappa shape index (κ2) is 2.86. The highest BCUT2D eigenvalue weighted by molar-refractivity contribution is 4.91. The van der Waals surface area contributed by atoms with E-state index >= 15 is 0 Å². The van der Waals surface area contributed by atoms with Crippen molar-refractivity contribution in [2.24, 2.45) is 0 Å². The molecule has 0 saturated heterocycles. The van der Waals surface area contributed by atoms with Crippen molar-refractivity contribution in [3.05, 3.63) is 0 Å². The zero-order valence-electron chi connectivity index (χ0n) is 6.55. The fourth-order valence-corrected chi connectivity index (χ4v) is 1.48. The molecule has 1 aliphatic rings. The molecule has 3 heteroatoms. The van der Waals surface area contributed by atoms with E-state index < -0.39 is 5.60 Å². The summed E-state index contributed by atoms with van der Waals surface area (Å²) in [5.74, 6) is 0. The molecule has 10 heavy (non-hydrogen) atoms. The highest BCUT2D eigenvalue weighted by Crippen LogP contribution is 2.28. The Labute approximate surface area is 61.3 Å². The van der Waals surface area contributed by atoms with Gasteiger partial charge in [0.2, 0.25) is 0 Å². The molecule has 1 fully saturated rings. The van der Waals surface area contributed by atoms with E-state index in [1.54, 1.807) is 7.11 Å². The Balaban J connectivity index is 2.43. The van der Waals surface area contributed by atoms with E-state index in [2.05, 4.69) is 5.48 Å². The van der Waals surface area contributed by atoms with Crippen LogP contribution in [0, 0.1) is 0 Å². The van der Waals surface area contributed by atoms with E-state index in [9.17, 15) is 5.11 Å². The minimum Gasteiger partial charge on any atom is -0.388 e. The van der Waals surface area contributed by atoms with E-state index in [-0.39, 0.29) is 6.04 Å². The van der Waals surface area contributed by atoms with Gasteiger partial charge in [-0.05, 0) is 26.2 Å². The normalized spacial score (nSPS) is 40.5. The van der Waals surface area contributed by atoms with Crippen LogP contribution in [0.15, 0.2) is 0 Å². The summed E-state index contributed by atoms with van der Waals surface area (Å²) < 4.78 is 0. The van der Waals surface area contributed by atoms with Crippen LogP contribution in [0.3, 0.4) is 0 Å². The fourth-order valence-electron chi connectivity index (χ4n) is 1.48. The van der Waals surface area contributed by atoms with Crippen LogP contribution < -0.4 is 5.48 Å². The molecule has 2 atom stereocenters. The molecular weight excluding hydrogens is 130 g/mol. The second-order valence-corrected chi connectivity index (χ2v) is 3.12. The molecule has 0 aromatic rings. The Morgan fingerprint density at radius 2 is 2.40 bits per heavy atom. The van der Waals surface area contributed by atoms with E-state index in [1.165, 1.54) is 0 Å². The van der Waals surface area contributed by atoms with Gasteiger partial charge in [-0.25, -0.2) is 0 Å². The molecule has 2 N–H and O–H groups in total. The molecule has 0 bridgehead atoms. The number of hydrogen-bond acceptors (Lipinski definition) is 3. The van der Waals surface area contributed by atoms with Crippen LogP contribution in [-0.2, 0) is 4.84 Å². The van der Waals surface area contributed by atoms with Gasteiger partial charge >= 0.3 is 0 Å². The van der Waals surface area contributed by atoms with Crippen molar-refractivity contribution in [1.29, 1.82) is 0 Å². The zero-order chi connectivity index (χ0) is 7.61. The van der Waals surface area contributed by atoms with Gasteiger partial charge in [0.05, 0.1) is 18.8 Å². The lowest BCUT2D eigenvalue weighted by atomic mass is 10.0. The quantitative estimate of drug-likeness (QED) is 0.554. The zero-order valence-corrected chi connectivity index (χ0v) is 6.55. The maximum Gasteiger partial charge on any atom is 0.0794 e. The monoisotopic (exact) mass is 145 g/mol. The van der Waals surface area contributed by atoms with Crippen LogP contribution in [0.1, 0.15) is 26.2 Å². The van der Waals surface area contributed by atoms with Crippen LogP contribution in [0.25, 0.3) is 0 Å². The van der Waals surface area contributed by atoms with Gasteiger partial charge in [-0.15, -0.1) is 0 Å². The summed E-state index contributed by atoms with van der Waals surface area (Å²) in [7, 11) is 1.58. The predicted octanol–water partition coefficient (Wildman–Crippen LogP) is 0.441. The third-order valence-corrected chi connectivity index (χ3v) is 2.19. The van der Waals surface area contributed by atoms with Crippen molar-refractivity contribution >= 4 is 0 Å². The van der Waals surface area contributed by atoms with E-state index in [4.69, 9.17) is 4.84 Å². The molecular formula is C7H15NO2. The lowest BCUT2D eigenvalue weighted by molar-refractivity contribution is -0.0317. The third kappa shape index (κ3) is 1.48. The van der Waals surface area contributed by atoms with Crippen molar-refractivity contribution < 1.29 is 9.94 Å². The molecule has 0 spiro atoms. The summed E-state index contributed by atoms with van der Waals surface area (Å²) in [5.41, 5.74) is 2.21. The van der Waals surface area contributed by atoms with Gasteiger partial charge in [0.1, 0.15) is 0 Å². The maximum atomic E-state index is 9.64. The van der Waals surface area contributed by atoms with Gasteiger partial charge in [-0.3, -0.25) is 0 Å². The van der Waals surface area contributed by atoms with Crippen molar-refractivity contribution in [1.82, 2.24) is 5.48 Å². The Morgan fingerprint density at radius 3 is 2.80 bits per heavy atom. The first-order chi connectivity index (χ1) is 4.67. The predicted molar refractivity (Wildman–Crippen MR) is 38.4 cm³/mol. The summed E-state index contributed by atoms with van der Waals surface area (Å²) in [4.78, 5) is 4.75. The van der Waals surface area contributed by atoms with Gasteiger partial charge in [-0.1, -0.05) is 0 Å². The van der Waals surface area contributed by atoms with Crippen LogP contribution in [0.4, 0.5) is 0 Å². The minimum atomic E-state index is -0.573. The van der Waals surface area contributed by atoms with Crippen molar-refractivity contribution in [2.45, 2.75) is 37.8 Å². The highest BCUT2D eigenvalue weighted by atomic mass is 16.6. The molecule has 60 valence electrons. The highest BCUT2D eigenvalue weighted by Gasteiger charge is 2.36. The summed E-state index contributed by atoms with van der Waals surface area (Å²) in [6.45, 7) is 1.84. The summed E-state index contributed by atoms with van der Waals surface area (Å²) >= 11 is 0. The Hall–Kier alpha value is -0.120. The molecule has 0 aliphatic heterocycles. The molecule has 0 aromatic heterocycles. The molecule has 0 radical (unpaired) electrons. The minimum absolute atomic E-state index is 0.109. The van der Waals surface area contributed by atoms with Crippen molar-refractivity contribution in [2.75, 3.05) is 7.11 Å². The first kappa shape index (κ1) is 7.98. The second-order valence-electron chi connectivity index (χ2n) is 3.12. The van der Waals surface area contributed by atoms with Crippen LogP contribution in [-0.4, -0.2) is 23.9 Å². The molecule has 1 saturated carbocycles. The first-order valence-electron chi connectivity index (χ1n) is 3.68. The number of rotatable bonds is 2.